The summed E-state index contributed by atoms with van der Waals surface area (Å²) < 4.78 is 0. The van der Waals surface area contributed by atoms with Crippen LogP contribution in [0.15, 0.2) is 12.3 Å². The Morgan fingerprint density at radius 1 is 1.57 bits per heavy atom. The number of aromatic nitrogens is 1. The Bertz CT molecular complexity index is 547. The molecule has 2 heterocycles. The molecular weight excluding hydrogens is 274 g/mol. The first-order chi connectivity index (χ1) is 9.99. The number of rotatable bonds is 5. The van der Waals surface area contributed by atoms with Gasteiger partial charge in [-0.05, 0) is 38.7 Å². The minimum atomic E-state index is -0.798. The van der Waals surface area contributed by atoms with Gasteiger partial charge in [-0.1, -0.05) is 0 Å². The lowest BCUT2D eigenvalue weighted by atomic mass is 9.97. The molecule has 21 heavy (non-hydrogen) atoms. The molecule has 1 aliphatic rings. The lowest BCUT2D eigenvalue weighted by Crippen LogP contribution is -2.40. The summed E-state index contributed by atoms with van der Waals surface area (Å²) in [5.41, 5.74) is 0.588. The van der Waals surface area contributed by atoms with Crippen molar-refractivity contribution in [3.8, 4) is 0 Å². The van der Waals surface area contributed by atoms with Crippen LogP contribution in [0.4, 0.5) is 11.5 Å². The molecule has 1 aliphatic heterocycles. The summed E-state index contributed by atoms with van der Waals surface area (Å²) in [5, 5.41) is 19.7. The van der Waals surface area contributed by atoms with Gasteiger partial charge in [0.25, 0.3) is 5.69 Å². The lowest BCUT2D eigenvalue weighted by molar-refractivity contribution is -0.385. The van der Waals surface area contributed by atoms with Gasteiger partial charge in [-0.25, -0.2) is 4.98 Å². The average Bonchev–Trinajstić information content (AvgIpc) is 2.45. The van der Waals surface area contributed by atoms with E-state index in [1.807, 2.05) is 0 Å². The summed E-state index contributed by atoms with van der Waals surface area (Å²) in [6, 6.07) is 1.86. The van der Waals surface area contributed by atoms with Crippen molar-refractivity contribution in [2.45, 2.75) is 45.1 Å². The molecule has 1 aromatic heterocycles. The van der Waals surface area contributed by atoms with Crippen LogP contribution in [0.2, 0.25) is 0 Å². The highest BCUT2D eigenvalue weighted by molar-refractivity contribution is 5.66. The van der Waals surface area contributed by atoms with Gasteiger partial charge in [-0.15, -0.1) is 0 Å². The standard InChI is InChI=1S/C14H19N3O4/c1-10-8-13(15-9-12(10)17(20)21)16-7-3-2-4-11(16)5-6-14(18)19/h8-9,11H,2-7H2,1H3,(H,18,19). The Morgan fingerprint density at radius 3 is 2.95 bits per heavy atom. The first kappa shape index (κ1) is 15.2. The molecule has 1 N–H and O–H groups in total. The number of piperidine rings is 1. The van der Waals surface area contributed by atoms with Gasteiger partial charge in [0.05, 0.1) is 4.92 Å². The minimum Gasteiger partial charge on any atom is -0.481 e. The Labute approximate surface area is 122 Å². The molecule has 7 nitrogen and oxygen atoms in total. The molecule has 0 radical (unpaired) electrons. The van der Waals surface area contributed by atoms with Crippen molar-refractivity contribution in [1.29, 1.82) is 0 Å². The Morgan fingerprint density at radius 2 is 2.33 bits per heavy atom. The molecule has 0 bridgehead atoms. The molecule has 0 saturated carbocycles. The monoisotopic (exact) mass is 293 g/mol. The highest BCUT2D eigenvalue weighted by Crippen LogP contribution is 2.28. The van der Waals surface area contributed by atoms with Gasteiger partial charge in [-0.3, -0.25) is 14.9 Å². The number of carbonyl (C=O) groups is 1. The van der Waals surface area contributed by atoms with Gasteiger partial charge in [-0.2, -0.15) is 0 Å². The van der Waals surface area contributed by atoms with Crippen LogP contribution >= 0.6 is 0 Å². The number of aryl methyl sites for hydroxylation is 1. The van der Waals surface area contributed by atoms with Crippen LogP contribution in [0, 0.1) is 17.0 Å². The van der Waals surface area contributed by atoms with Crippen molar-refractivity contribution in [1.82, 2.24) is 4.98 Å². The third kappa shape index (κ3) is 3.68. The number of pyridine rings is 1. The molecular formula is C14H19N3O4. The number of carboxylic acids is 1. The van der Waals surface area contributed by atoms with Crippen molar-refractivity contribution >= 4 is 17.5 Å². The largest absolute Gasteiger partial charge is 0.481 e. The number of hydrogen-bond acceptors (Lipinski definition) is 5. The second kappa shape index (κ2) is 6.51. The van der Waals surface area contributed by atoms with Crippen molar-refractivity contribution in [3.05, 3.63) is 27.9 Å². The minimum absolute atomic E-state index is 0.0119. The van der Waals surface area contributed by atoms with Crippen LogP contribution in [-0.2, 0) is 4.79 Å². The summed E-state index contributed by atoms with van der Waals surface area (Å²) in [7, 11) is 0. The fraction of sp³-hybridized carbons (Fsp3) is 0.571. The van der Waals surface area contributed by atoms with E-state index in [0.717, 1.165) is 25.8 Å². The van der Waals surface area contributed by atoms with E-state index in [4.69, 9.17) is 5.11 Å². The van der Waals surface area contributed by atoms with Gasteiger partial charge in [0.15, 0.2) is 0 Å². The maximum Gasteiger partial charge on any atom is 0.303 e. The SMILES string of the molecule is Cc1cc(N2CCCCC2CCC(=O)O)ncc1[N+](=O)[O-]. The second-order valence-corrected chi connectivity index (χ2v) is 5.36. The van der Waals surface area contributed by atoms with Crippen LogP contribution in [0.3, 0.4) is 0 Å². The Hall–Kier alpha value is -2.18. The van der Waals surface area contributed by atoms with Crippen molar-refractivity contribution in [2.75, 3.05) is 11.4 Å². The predicted octanol–water partition coefficient (Wildman–Crippen LogP) is 2.52. The molecule has 0 amide bonds. The molecule has 1 aromatic rings. The zero-order valence-corrected chi connectivity index (χ0v) is 12.0. The fourth-order valence-electron chi connectivity index (χ4n) is 2.77. The van der Waals surface area contributed by atoms with E-state index >= 15 is 0 Å². The van der Waals surface area contributed by atoms with Crippen LogP contribution in [0.1, 0.15) is 37.7 Å². The van der Waals surface area contributed by atoms with E-state index in [0.29, 0.717) is 17.8 Å². The Kier molecular flexibility index (Phi) is 4.72. The van der Waals surface area contributed by atoms with Gasteiger partial charge in [0.1, 0.15) is 12.0 Å². The third-order valence-corrected chi connectivity index (χ3v) is 3.88. The summed E-state index contributed by atoms with van der Waals surface area (Å²) >= 11 is 0. The molecule has 1 saturated heterocycles. The molecule has 114 valence electrons. The predicted molar refractivity (Wildman–Crippen MR) is 77.5 cm³/mol. The van der Waals surface area contributed by atoms with Crippen LogP contribution in [-0.4, -0.2) is 33.6 Å². The molecule has 7 heteroatoms. The number of carboxylic acid groups (broad SMARTS) is 1. The van der Waals surface area contributed by atoms with Crippen LogP contribution < -0.4 is 4.90 Å². The number of nitro groups is 1. The van der Waals surface area contributed by atoms with E-state index in [1.165, 1.54) is 6.20 Å². The summed E-state index contributed by atoms with van der Waals surface area (Å²) in [6.45, 7) is 2.51. The van der Waals surface area contributed by atoms with E-state index < -0.39 is 10.9 Å². The quantitative estimate of drug-likeness (QED) is 0.662. The summed E-state index contributed by atoms with van der Waals surface area (Å²) in [6.07, 6.45) is 5.03. The van der Waals surface area contributed by atoms with E-state index in [2.05, 4.69) is 9.88 Å². The fourth-order valence-corrected chi connectivity index (χ4v) is 2.77. The van der Waals surface area contributed by atoms with Gasteiger partial charge >= 0.3 is 5.97 Å². The van der Waals surface area contributed by atoms with Gasteiger partial charge < -0.3 is 10.0 Å². The first-order valence-electron chi connectivity index (χ1n) is 7.08. The highest BCUT2D eigenvalue weighted by atomic mass is 16.6. The highest BCUT2D eigenvalue weighted by Gasteiger charge is 2.25. The zero-order chi connectivity index (χ0) is 15.4. The maximum atomic E-state index is 10.8. The van der Waals surface area contributed by atoms with Crippen molar-refractivity contribution in [3.63, 3.8) is 0 Å². The molecule has 1 unspecified atom stereocenters. The van der Waals surface area contributed by atoms with Gasteiger partial charge in [0, 0.05) is 24.6 Å². The number of hydrogen-bond donors (Lipinski definition) is 1. The van der Waals surface area contributed by atoms with E-state index in [9.17, 15) is 14.9 Å². The number of aliphatic carboxylic acids is 1. The number of nitrogens with zero attached hydrogens (tertiary/aromatic N) is 3. The van der Waals surface area contributed by atoms with E-state index in [1.54, 1.807) is 13.0 Å². The third-order valence-electron chi connectivity index (χ3n) is 3.88. The molecule has 2 rings (SSSR count). The topological polar surface area (TPSA) is 96.6 Å². The zero-order valence-electron chi connectivity index (χ0n) is 12.0. The molecule has 0 spiro atoms. The maximum absolute atomic E-state index is 10.8. The lowest BCUT2D eigenvalue weighted by Gasteiger charge is -2.36. The molecule has 0 aliphatic carbocycles. The van der Waals surface area contributed by atoms with Crippen molar-refractivity contribution in [2.24, 2.45) is 0 Å². The second-order valence-electron chi connectivity index (χ2n) is 5.36. The van der Waals surface area contributed by atoms with Crippen LogP contribution in [0.5, 0.6) is 0 Å². The van der Waals surface area contributed by atoms with E-state index in [-0.39, 0.29) is 18.2 Å². The first-order valence-corrected chi connectivity index (χ1v) is 7.08. The van der Waals surface area contributed by atoms with Crippen LogP contribution in [0.25, 0.3) is 0 Å². The summed E-state index contributed by atoms with van der Waals surface area (Å²) in [5.74, 6) is -0.0958. The average molecular weight is 293 g/mol. The van der Waals surface area contributed by atoms with Crippen molar-refractivity contribution < 1.29 is 14.8 Å². The molecule has 1 fully saturated rings. The normalized spacial score (nSPS) is 18.5. The molecule has 0 aromatic carbocycles. The molecule has 1 atom stereocenters. The summed E-state index contributed by atoms with van der Waals surface area (Å²) in [4.78, 5) is 27.4. The van der Waals surface area contributed by atoms with Gasteiger partial charge in [0.2, 0.25) is 0 Å². The smallest absolute Gasteiger partial charge is 0.303 e. The number of anilines is 1. The Balaban J connectivity index is 2.18.